The summed E-state index contributed by atoms with van der Waals surface area (Å²) in [6.07, 6.45) is 0. The number of para-hydroxylation sites is 1. The van der Waals surface area contributed by atoms with Gasteiger partial charge in [-0.15, -0.1) is 0 Å². The highest BCUT2D eigenvalue weighted by Crippen LogP contribution is 2.31. The molecule has 0 bridgehead atoms. The second kappa shape index (κ2) is 7.35. The van der Waals surface area contributed by atoms with Crippen molar-refractivity contribution in [2.24, 2.45) is 0 Å². The highest BCUT2D eigenvalue weighted by atomic mass is 35.5. The number of fused-ring (bicyclic) bond motifs is 1. The molecule has 1 amide bonds. The maximum absolute atomic E-state index is 13.0. The lowest BCUT2D eigenvalue weighted by Crippen LogP contribution is -2.21. The summed E-state index contributed by atoms with van der Waals surface area (Å²) in [6.45, 7) is 1.13. The van der Waals surface area contributed by atoms with Gasteiger partial charge in [-0.05, 0) is 31.2 Å². The minimum atomic E-state index is -0.796. The molecule has 0 aliphatic rings. The van der Waals surface area contributed by atoms with Gasteiger partial charge in [-0.1, -0.05) is 35.3 Å². The smallest absolute Gasteiger partial charge is 0.375 e. The van der Waals surface area contributed by atoms with Gasteiger partial charge in [-0.25, -0.2) is 9.18 Å². The number of carbonyl (C=O) groups excluding carboxylic acids is 2. The van der Waals surface area contributed by atoms with Gasteiger partial charge < -0.3 is 14.5 Å². The molecule has 1 aromatic heterocycles. The number of halogens is 3. The Bertz CT molecular complexity index is 1020. The van der Waals surface area contributed by atoms with E-state index in [1.807, 2.05) is 0 Å². The minimum absolute atomic E-state index is 0.0271. The van der Waals surface area contributed by atoms with E-state index in [1.165, 1.54) is 6.07 Å². The summed E-state index contributed by atoms with van der Waals surface area (Å²) in [4.78, 5) is 24.1. The molecule has 0 radical (unpaired) electrons. The highest BCUT2D eigenvalue weighted by molar-refractivity contribution is 6.35. The largest absolute Gasteiger partial charge is 0.450 e. The lowest BCUT2D eigenvalue weighted by molar-refractivity contribution is -0.119. The van der Waals surface area contributed by atoms with Crippen LogP contribution in [0.2, 0.25) is 10.0 Å². The molecule has 1 N–H and O–H groups in total. The number of esters is 1. The van der Waals surface area contributed by atoms with Crippen molar-refractivity contribution in [3.8, 4) is 0 Å². The summed E-state index contributed by atoms with van der Waals surface area (Å²) in [5.74, 6) is -1.98. The van der Waals surface area contributed by atoms with Crippen molar-refractivity contribution < 1.29 is 23.1 Å². The number of hydrogen-bond acceptors (Lipinski definition) is 4. The first-order chi connectivity index (χ1) is 12.4. The number of rotatable bonds is 4. The molecule has 1 heterocycles. The summed E-state index contributed by atoms with van der Waals surface area (Å²) in [7, 11) is 0. The maximum atomic E-state index is 13.0. The second-order valence-electron chi connectivity index (χ2n) is 5.42. The average Bonchev–Trinajstić information content (AvgIpc) is 2.94. The summed E-state index contributed by atoms with van der Waals surface area (Å²) in [5, 5.41) is 3.52. The van der Waals surface area contributed by atoms with Gasteiger partial charge in [0.15, 0.2) is 12.2 Å². The standard InChI is InChI=1S/C18H12Cl2FNO4/c1-9-11-3-2-4-12(19)17(11)26-16(9)18(24)25-8-15(23)22-14-6-5-10(21)7-13(14)20/h2-7H,8H2,1H3,(H,22,23). The predicted octanol–water partition coefficient (Wildman–Crippen LogP) is 4.98. The summed E-state index contributed by atoms with van der Waals surface area (Å²) < 4.78 is 23.4. The Kier molecular flexibility index (Phi) is 5.15. The number of benzene rings is 2. The number of carbonyl (C=O) groups is 2. The molecule has 0 aliphatic carbocycles. The molecule has 8 heteroatoms. The van der Waals surface area contributed by atoms with Gasteiger partial charge >= 0.3 is 5.97 Å². The van der Waals surface area contributed by atoms with E-state index < -0.39 is 24.3 Å². The summed E-state index contributed by atoms with van der Waals surface area (Å²) in [5.41, 5.74) is 1.15. The molecule has 0 fully saturated rings. The van der Waals surface area contributed by atoms with Crippen molar-refractivity contribution in [2.45, 2.75) is 6.92 Å². The fourth-order valence-electron chi connectivity index (χ4n) is 2.38. The lowest BCUT2D eigenvalue weighted by Gasteiger charge is -2.07. The molecular formula is C18H12Cl2FNO4. The van der Waals surface area contributed by atoms with E-state index >= 15 is 0 Å². The van der Waals surface area contributed by atoms with Crippen LogP contribution < -0.4 is 5.32 Å². The molecule has 0 saturated heterocycles. The van der Waals surface area contributed by atoms with Gasteiger partial charge in [0.2, 0.25) is 5.76 Å². The van der Waals surface area contributed by atoms with E-state index in [0.29, 0.717) is 21.6 Å². The van der Waals surface area contributed by atoms with Crippen molar-refractivity contribution in [1.29, 1.82) is 0 Å². The topological polar surface area (TPSA) is 68.5 Å². The number of nitrogens with one attached hydrogen (secondary N) is 1. The van der Waals surface area contributed by atoms with Crippen LogP contribution in [0.5, 0.6) is 0 Å². The third-order valence-electron chi connectivity index (χ3n) is 3.64. The number of ether oxygens (including phenoxy) is 1. The van der Waals surface area contributed by atoms with Crippen LogP contribution in [-0.4, -0.2) is 18.5 Å². The van der Waals surface area contributed by atoms with Crippen LogP contribution in [0.3, 0.4) is 0 Å². The fourth-order valence-corrected chi connectivity index (χ4v) is 2.80. The first kappa shape index (κ1) is 18.2. The van der Waals surface area contributed by atoms with Crippen molar-refractivity contribution >= 4 is 51.7 Å². The zero-order valence-corrected chi connectivity index (χ0v) is 14.9. The molecule has 134 valence electrons. The van der Waals surface area contributed by atoms with Crippen LogP contribution in [-0.2, 0) is 9.53 Å². The van der Waals surface area contributed by atoms with E-state index in [4.69, 9.17) is 32.4 Å². The van der Waals surface area contributed by atoms with Gasteiger partial charge in [-0.2, -0.15) is 0 Å². The number of anilines is 1. The number of hydrogen-bond donors (Lipinski definition) is 1. The Balaban J connectivity index is 1.68. The van der Waals surface area contributed by atoms with Gasteiger partial charge in [0.25, 0.3) is 5.91 Å². The molecule has 5 nitrogen and oxygen atoms in total. The van der Waals surface area contributed by atoms with Gasteiger partial charge in [-0.3, -0.25) is 4.79 Å². The molecule has 3 aromatic rings. The molecule has 0 saturated carbocycles. The summed E-state index contributed by atoms with van der Waals surface area (Å²) in [6, 6.07) is 8.66. The zero-order valence-electron chi connectivity index (χ0n) is 13.4. The van der Waals surface area contributed by atoms with E-state index in [2.05, 4.69) is 5.32 Å². The Morgan fingerprint density at radius 1 is 1.19 bits per heavy atom. The predicted molar refractivity (Wildman–Crippen MR) is 96.3 cm³/mol. The van der Waals surface area contributed by atoms with E-state index in [1.54, 1.807) is 25.1 Å². The quantitative estimate of drug-likeness (QED) is 0.632. The third-order valence-corrected chi connectivity index (χ3v) is 4.25. The molecule has 3 rings (SSSR count). The van der Waals surface area contributed by atoms with E-state index in [-0.39, 0.29) is 16.5 Å². The van der Waals surface area contributed by atoms with Crippen LogP contribution in [0.25, 0.3) is 11.0 Å². The first-order valence-electron chi connectivity index (χ1n) is 7.46. The van der Waals surface area contributed by atoms with Crippen LogP contribution in [0, 0.1) is 12.7 Å². The Labute approximate surface area is 157 Å². The normalized spacial score (nSPS) is 10.8. The number of aryl methyl sites for hydroxylation is 1. The Hall–Kier alpha value is -2.57. The fraction of sp³-hybridized carbons (Fsp3) is 0.111. The van der Waals surface area contributed by atoms with Crippen molar-refractivity contribution in [3.63, 3.8) is 0 Å². The van der Waals surface area contributed by atoms with E-state index in [9.17, 15) is 14.0 Å². The van der Waals surface area contributed by atoms with Crippen molar-refractivity contribution in [2.75, 3.05) is 11.9 Å². The van der Waals surface area contributed by atoms with E-state index in [0.717, 1.165) is 12.1 Å². The Morgan fingerprint density at radius 3 is 2.65 bits per heavy atom. The number of furan rings is 1. The van der Waals surface area contributed by atoms with Gasteiger partial charge in [0.05, 0.1) is 15.7 Å². The van der Waals surface area contributed by atoms with Gasteiger partial charge in [0.1, 0.15) is 5.82 Å². The molecule has 0 aliphatic heterocycles. The lowest BCUT2D eigenvalue weighted by atomic mass is 10.1. The molecule has 2 aromatic carbocycles. The molecule has 0 unspecified atom stereocenters. The highest BCUT2D eigenvalue weighted by Gasteiger charge is 2.21. The molecule has 0 spiro atoms. The maximum Gasteiger partial charge on any atom is 0.375 e. The van der Waals surface area contributed by atoms with Crippen molar-refractivity contribution in [3.05, 3.63) is 63.6 Å². The van der Waals surface area contributed by atoms with Crippen LogP contribution in [0.15, 0.2) is 40.8 Å². The molecule has 0 atom stereocenters. The summed E-state index contributed by atoms with van der Waals surface area (Å²) >= 11 is 11.9. The minimum Gasteiger partial charge on any atom is -0.450 e. The van der Waals surface area contributed by atoms with Crippen LogP contribution in [0.1, 0.15) is 16.1 Å². The third kappa shape index (κ3) is 3.66. The second-order valence-corrected chi connectivity index (χ2v) is 6.24. The molecular weight excluding hydrogens is 384 g/mol. The van der Waals surface area contributed by atoms with Crippen LogP contribution >= 0.6 is 23.2 Å². The van der Waals surface area contributed by atoms with Gasteiger partial charge in [0, 0.05) is 10.9 Å². The number of amides is 1. The Morgan fingerprint density at radius 2 is 1.96 bits per heavy atom. The first-order valence-corrected chi connectivity index (χ1v) is 8.22. The molecule has 26 heavy (non-hydrogen) atoms. The monoisotopic (exact) mass is 395 g/mol. The van der Waals surface area contributed by atoms with Crippen LogP contribution in [0.4, 0.5) is 10.1 Å². The zero-order chi connectivity index (χ0) is 18.8. The SMILES string of the molecule is Cc1c(C(=O)OCC(=O)Nc2ccc(F)cc2Cl)oc2c(Cl)cccc12. The van der Waals surface area contributed by atoms with Crippen molar-refractivity contribution in [1.82, 2.24) is 0 Å². The average molecular weight is 396 g/mol.